The standard InChI is InChI=1S/C15H24O/c1-11-6-8-12-5-4-10-15(2,3)13(9-7-11)14(12)16/h6,12-13H,4-5,7-10H2,1-3H3/b11-6-. The molecule has 1 nitrogen and oxygen atoms in total. The van der Waals surface area contributed by atoms with Crippen LogP contribution in [0.2, 0.25) is 0 Å². The van der Waals surface area contributed by atoms with E-state index in [4.69, 9.17) is 0 Å². The molecule has 0 N–H and O–H groups in total. The largest absolute Gasteiger partial charge is 0.299 e. The number of hydrogen-bond acceptors (Lipinski definition) is 1. The fraction of sp³-hybridized carbons (Fsp3) is 0.800. The van der Waals surface area contributed by atoms with Crippen LogP contribution in [0.3, 0.4) is 0 Å². The smallest absolute Gasteiger partial charge is 0.139 e. The maximum Gasteiger partial charge on any atom is 0.139 e. The average molecular weight is 220 g/mol. The number of carbonyl (C=O) groups excluding carboxylic acids is 1. The molecule has 2 rings (SSSR count). The first kappa shape index (κ1) is 11.9. The van der Waals surface area contributed by atoms with Gasteiger partial charge < -0.3 is 0 Å². The predicted octanol–water partition coefficient (Wildman–Crippen LogP) is 4.13. The highest BCUT2D eigenvalue weighted by Crippen LogP contribution is 2.43. The van der Waals surface area contributed by atoms with Gasteiger partial charge in [-0.2, -0.15) is 0 Å². The van der Waals surface area contributed by atoms with Gasteiger partial charge in [-0.3, -0.25) is 4.79 Å². The Morgan fingerprint density at radius 2 is 2.06 bits per heavy atom. The van der Waals surface area contributed by atoms with Gasteiger partial charge in [0.05, 0.1) is 0 Å². The van der Waals surface area contributed by atoms with E-state index >= 15 is 0 Å². The highest BCUT2D eigenvalue weighted by atomic mass is 16.1. The molecule has 1 saturated carbocycles. The molecule has 0 aromatic rings. The zero-order chi connectivity index (χ0) is 11.8. The summed E-state index contributed by atoms with van der Waals surface area (Å²) in [5.74, 6) is 1.19. The summed E-state index contributed by atoms with van der Waals surface area (Å²) in [5.41, 5.74) is 1.71. The summed E-state index contributed by atoms with van der Waals surface area (Å²) in [6, 6.07) is 0. The van der Waals surface area contributed by atoms with Crippen molar-refractivity contribution in [3.05, 3.63) is 11.6 Å². The van der Waals surface area contributed by atoms with Crippen molar-refractivity contribution in [2.45, 2.75) is 59.3 Å². The van der Waals surface area contributed by atoms with Gasteiger partial charge in [-0.1, -0.05) is 31.9 Å². The number of carbonyl (C=O) groups is 1. The van der Waals surface area contributed by atoms with Gasteiger partial charge in [-0.15, -0.1) is 0 Å². The van der Waals surface area contributed by atoms with Crippen molar-refractivity contribution >= 4 is 5.78 Å². The van der Waals surface area contributed by atoms with Crippen LogP contribution in [0, 0.1) is 17.3 Å². The SMILES string of the molecule is C/C1=C/CC2CCCC(C)(C)C(CC1)C2=O. The molecule has 90 valence electrons. The van der Waals surface area contributed by atoms with E-state index in [9.17, 15) is 4.79 Å². The van der Waals surface area contributed by atoms with Crippen LogP contribution in [-0.2, 0) is 4.79 Å². The van der Waals surface area contributed by atoms with Gasteiger partial charge in [0, 0.05) is 11.8 Å². The Morgan fingerprint density at radius 3 is 2.81 bits per heavy atom. The van der Waals surface area contributed by atoms with Crippen molar-refractivity contribution in [1.29, 1.82) is 0 Å². The third kappa shape index (κ3) is 2.23. The summed E-state index contributed by atoms with van der Waals surface area (Å²) < 4.78 is 0. The molecule has 0 spiro atoms. The third-order valence-electron chi connectivity index (χ3n) is 4.64. The van der Waals surface area contributed by atoms with Gasteiger partial charge in [-0.05, 0) is 44.4 Å². The minimum absolute atomic E-state index is 0.226. The van der Waals surface area contributed by atoms with Gasteiger partial charge >= 0.3 is 0 Å². The summed E-state index contributed by atoms with van der Waals surface area (Å²) in [7, 11) is 0. The summed E-state index contributed by atoms with van der Waals surface area (Å²) in [4.78, 5) is 12.5. The zero-order valence-electron chi connectivity index (χ0n) is 10.9. The molecule has 2 atom stereocenters. The topological polar surface area (TPSA) is 17.1 Å². The van der Waals surface area contributed by atoms with E-state index in [-0.39, 0.29) is 5.41 Å². The molecule has 1 fully saturated rings. The van der Waals surface area contributed by atoms with Crippen LogP contribution in [0.25, 0.3) is 0 Å². The monoisotopic (exact) mass is 220 g/mol. The Hall–Kier alpha value is -0.590. The van der Waals surface area contributed by atoms with E-state index in [0.717, 1.165) is 25.7 Å². The minimum Gasteiger partial charge on any atom is -0.299 e. The molecule has 0 aromatic carbocycles. The van der Waals surface area contributed by atoms with Gasteiger partial charge in [0.15, 0.2) is 0 Å². The lowest BCUT2D eigenvalue weighted by atomic mass is 9.70. The molecule has 2 aliphatic carbocycles. The lowest BCUT2D eigenvalue weighted by Crippen LogP contribution is -2.33. The summed E-state index contributed by atoms with van der Waals surface area (Å²) in [5, 5.41) is 0. The van der Waals surface area contributed by atoms with E-state index in [1.54, 1.807) is 0 Å². The average Bonchev–Trinajstić information content (AvgIpc) is 2.31. The van der Waals surface area contributed by atoms with Gasteiger partial charge in [-0.25, -0.2) is 0 Å². The van der Waals surface area contributed by atoms with Crippen LogP contribution in [0.1, 0.15) is 59.3 Å². The van der Waals surface area contributed by atoms with Crippen molar-refractivity contribution in [1.82, 2.24) is 0 Å². The molecular formula is C15H24O. The Bertz CT molecular complexity index is 311. The molecule has 2 aliphatic rings. The predicted molar refractivity (Wildman–Crippen MR) is 67.2 cm³/mol. The van der Waals surface area contributed by atoms with E-state index < -0.39 is 0 Å². The second kappa shape index (κ2) is 4.35. The summed E-state index contributed by atoms with van der Waals surface area (Å²) in [6.45, 7) is 6.80. The van der Waals surface area contributed by atoms with E-state index in [1.807, 2.05) is 0 Å². The number of allylic oxidation sites excluding steroid dienone is 2. The van der Waals surface area contributed by atoms with E-state index in [2.05, 4.69) is 26.8 Å². The van der Waals surface area contributed by atoms with Crippen LogP contribution < -0.4 is 0 Å². The quantitative estimate of drug-likeness (QED) is 0.561. The third-order valence-corrected chi connectivity index (χ3v) is 4.64. The van der Waals surface area contributed by atoms with Crippen LogP contribution in [-0.4, -0.2) is 5.78 Å². The highest BCUT2D eigenvalue weighted by molar-refractivity contribution is 5.84. The second-order valence-corrected chi connectivity index (χ2v) is 6.36. The molecule has 0 radical (unpaired) electrons. The van der Waals surface area contributed by atoms with Gasteiger partial charge in [0.1, 0.15) is 5.78 Å². The molecule has 0 heterocycles. The first-order valence-electron chi connectivity index (χ1n) is 6.70. The fourth-order valence-corrected chi connectivity index (χ4v) is 3.37. The van der Waals surface area contributed by atoms with Crippen molar-refractivity contribution in [3.8, 4) is 0 Å². The maximum absolute atomic E-state index is 12.5. The molecule has 0 aromatic heterocycles. The molecule has 0 aliphatic heterocycles. The Labute approximate surface area is 99.3 Å². The van der Waals surface area contributed by atoms with Crippen LogP contribution in [0.15, 0.2) is 11.6 Å². The molecule has 2 unspecified atom stereocenters. The molecule has 1 heteroatoms. The van der Waals surface area contributed by atoms with Gasteiger partial charge in [0.25, 0.3) is 0 Å². The number of rotatable bonds is 0. The summed E-state index contributed by atoms with van der Waals surface area (Å²) >= 11 is 0. The molecule has 0 amide bonds. The zero-order valence-corrected chi connectivity index (χ0v) is 10.9. The normalized spacial score (nSPS) is 37.9. The van der Waals surface area contributed by atoms with Crippen molar-refractivity contribution in [2.75, 3.05) is 0 Å². The lowest BCUT2D eigenvalue weighted by Gasteiger charge is -2.33. The molecule has 16 heavy (non-hydrogen) atoms. The Kier molecular flexibility index (Phi) is 3.23. The van der Waals surface area contributed by atoms with Crippen molar-refractivity contribution in [2.24, 2.45) is 17.3 Å². The van der Waals surface area contributed by atoms with E-state index in [0.29, 0.717) is 17.6 Å². The first-order valence-corrected chi connectivity index (χ1v) is 6.70. The maximum atomic E-state index is 12.5. The number of Topliss-reactive ketones (excluding diaryl/α,β-unsaturated/α-hetero) is 1. The summed E-state index contributed by atoms with van der Waals surface area (Å²) in [6.07, 6.45) is 9.06. The molecule has 0 saturated heterocycles. The van der Waals surface area contributed by atoms with Crippen LogP contribution in [0.5, 0.6) is 0 Å². The molecular weight excluding hydrogens is 196 g/mol. The second-order valence-electron chi connectivity index (χ2n) is 6.36. The minimum atomic E-state index is 0.226. The number of ketones is 1. The van der Waals surface area contributed by atoms with Gasteiger partial charge in [0.2, 0.25) is 0 Å². The number of fused-ring (bicyclic) bond motifs is 2. The Balaban J connectivity index is 2.30. The lowest BCUT2D eigenvalue weighted by molar-refractivity contribution is -0.129. The molecule has 2 bridgehead atoms. The van der Waals surface area contributed by atoms with Crippen molar-refractivity contribution < 1.29 is 4.79 Å². The number of hydrogen-bond donors (Lipinski definition) is 0. The van der Waals surface area contributed by atoms with E-state index in [1.165, 1.54) is 18.4 Å². The highest BCUT2D eigenvalue weighted by Gasteiger charge is 2.40. The van der Waals surface area contributed by atoms with Crippen LogP contribution >= 0.6 is 0 Å². The van der Waals surface area contributed by atoms with Crippen molar-refractivity contribution in [3.63, 3.8) is 0 Å². The first-order chi connectivity index (χ1) is 7.50. The fourth-order valence-electron chi connectivity index (χ4n) is 3.37. The Morgan fingerprint density at radius 1 is 1.31 bits per heavy atom. The van der Waals surface area contributed by atoms with Crippen LogP contribution in [0.4, 0.5) is 0 Å².